The first-order valence-corrected chi connectivity index (χ1v) is 8.95. The first-order valence-electron chi connectivity index (χ1n) is 8.95. The first-order chi connectivity index (χ1) is 10.1. The van der Waals surface area contributed by atoms with Crippen molar-refractivity contribution in [1.29, 1.82) is 0 Å². The van der Waals surface area contributed by atoms with E-state index in [1.165, 1.54) is 64.7 Å². The van der Waals surface area contributed by atoms with Crippen molar-refractivity contribution < 1.29 is 5.11 Å². The van der Waals surface area contributed by atoms with Crippen molar-refractivity contribution in [2.24, 2.45) is 17.6 Å². The second-order valence-electron chi connectivity index (χ2n) is 7.81. The summed E-state index contributed by atoms with van der Waals surface area (Å²) in [7, 11) is 2.30. The maximum atomic E-state index is 9.57. The van der Waals surface area contributed by atoms with Gasteiger partial charge in [-0.2, -0.15) is 0 Å². The van der Waals surface area contributed by atoms with Crippen LogP contribution < -0.4 is 5.73 Å². The van der Waals surface area contributed by atoms with Gasteiger partial charge in [-0.3, -0.25) is 0 Å². The molecule has 2 heterocycles. The number of aliphatic hydroxyl groups excluding tert-OH is 1. The van der Waals surface area contributed by atoms with Gasteiger partial charge in [-0.15, -0.1) is 0 Å². The van der Waals surface area contributed by atoms with E-state index in [4.69, 9.17) is 5.73 Å². The van der Waals surface area contributed by atoms with Gasteiger partial charge in [0, 0.05) is 18.1 Å². The molecule has 1 saturated carbocycles. The molecule has 0 amide bonds. The first kappa shape index (κ1) is 15.7. The van der Waals surface area contributed by atoms with Crippen LogP contribution in [0, 0.1) is 11.8 Å². The Morgan fingerprint density at radius 3 is 2.86 bits per heavy atom. The van der Waals surface area contributed by atoms with Crippen LogP contribution in [0.3, 0.4) is 0 Å². The van der Waals surface area contributed by atoms with Crippen LogP contribution in [-0.2, 0) is 0 Å². The van der Waals surface area contributed by atoms with Crippen molar-refractivity contribution in [1.82, 2.24) is 9.80 Å². The van der Waals surface area contributed by atoms with Gasteiger partial charge in [0.2, 0.25) is 0 Å². The number of fused-ring (bicyclic) bond motifs is 1. The normalized spacial score (nSPS) is 42.1. The zero-order chi connectivity index (χ0) is 14.9. The second kappa shape index (κ2) is 6.53. The molecular formula is C17H33N3O. The third-order valence-electron chi connectivity index (χ3n) is 6.53. The van der Waals surface area contributed by atoms with E-state index in [2.05, 4.69) is 16.8 Å². The van der Waals surface area contributed by atoms with E-state index in [9.17, 15) is 5.11 Å². The Kier molecular flexibility index (Phi) is 4.89. The highest BCUT2D eigenvalue weighted by atomic mass is 16.3. The number of nitrogens with two attached hydrogens (primary N) is 1. The minimum absolute atomic E-state index is 0.160. The highest BCUT2D eigenvalue weighted by Gasteiger charge is 2.39. The van der Waals surface area contributed by atoms with Gasteiger partial charge in [0.25, 0.3) is 0 Å². The van der Waals surface area contributed by atoms with Crippen molar-refractivity contribution in [3.63, 3.8) is 0 Å². The predicted molar refractivity (Wildman–Crippen MR) is 86.2 cm³/mol. The van der Waals surface area contributed by atoms with Crippen LogP contribution in [0.2, 0.25) is 0 Å². The van der Waals surface area contributed by atoms with Gasteiger partial charge in [-0.1, -0.05) is 6.42 Å². The number of nitrogens with zero attached hydrogens (tertiary/aromatic N) is 2. The van der Waals surface area contributed by atoms with Crippen LogP contribution in [-0.4, -0.2) is 66.3 Å². The van der Waals surface area contributed by atoms with E-state index in [1.807, 2.05) is 0 Å². The summed E-state index contributed by atoms with van der Waals surface area (Å²) in [4.78, 5) is 5.25. The molecule has 0 bridgehead atoms. The molecule has 0 aromatic rings. The molecule has 4 unspecified atom stereocenters. The Bertz CT molecular complexity index is 351. The minimum atomic E-state index is -0.288. The van der Waals surface area contributed by atoms with Gasteiger partial charge in [0.1, 0.15) is 0 Å². The molecule has 0 aromatic carbocycles. The summed E-state index contributed by atoms with van der Waals surface area (Å²) in [5.41, 5.74) is 6.08. The molecule has 3 fully saturated rings. The average molecular weight is 295 g/mol. The molecule has 3 N–H and O–H groups in total. The van der Waals surface area contributed by atoms with Gasteiger partial charge in [-0.25, -0.2) is 0 Å². The van der Waals surface area contributed by atoms with Gasteiger partial charge in [0.15, 0.2) is 0 Å². The number of piperidine rings is 2. The molecule has 21 heavy (non-hydrogen) atoms. The fraction of sp³-hybridized carbons (Fsp3) is 1.00. The summed E-state index contributed by atoms with van der Waals surface area (Å²) >= 11 is 0. The number of hydrogen-bond donors (Lipinski definition) is 2. The van der Waals surface area contributed by atoms with E-state index >= 15 is 0 Å². The second-order valence-corrected chi connectivity index (χ2v) is 7.81. The topological polar surface area (TPSA) is 52.7 Å². The molecule has 122 valence electrons. The third kappa shape index (κ3) is 3.29. The Morgan fingerprint density at radius 1 is 1.19 bits per heavy atom. The van der Waals surface area contributed by atoms with Gasteiger partial charge in [0.05, 0.1) is 6.61 Å². The van der Waals surface area contributed by atoms with E-state index in [-0.39, 0.29) is 12.1 Å². The summed E-state index contributed by atoms with van der Waals surface area (Å²) in [5, 5.41) is 9.57. The molecule has 3 aliphatic rings. The molecule has 4 nitrogen and oxygen atoms in total. The average Bonchev–Trinajstić information content (AvgIpc) is 2.87. The maximum Gasteiger partial charge on any atom is 0.0613 e. The molecule has 3 rings (SSSR count). The summed E-state index contributed by atoms with van der Waals surface area (Å²) in [6.45, 7) is 5.15. The van der Waals surface area contributed by atoms with Gasteiger partial charge >= 0.3 is 0 Å². The fourth-order valence-electron chi connectivity index (χ4n) is 5.08. The number of rotatable bonds is 4. The molecule has 2 aliphatic heterocycles. The van der Waals surface area contributed by atoms with E-state index in [0.29, 0.717) is 5.92 Å². The number of likely N-dealkylation sites (tertiary alicyclic amines) is 2. The van der Waals surface area contributed by atoms with Crippen molar-refractivity contribution in [3.8, 4) is 0 Å². The lowest BCUT2D eigenvalue weighted by Gasteiger charge is -2.46. The summed E-state index contributed by atoms with van der Waals surface area (Å²) in [5.74, 6) is 1.40. The van der Waals surface area contributed by atoms with E-state index in [1.54, 1.807) is 0 Å². The lowest BCUT2D eigenvalue weighted by molar-refractivity contribution is 0.0342. The van der Waals surface area contributed by atoms with Crippen LogP contribution in [0.25, 0.3) is 0 Å². The van der Waals surface area contributed by atoms with Crippen molar-refractivity contribution in [3.05, 3.63) is 0 Å². The molecule has 0 radical (unpaired) electrons. The lowest BCUT2D eigenvalue weighted by atomic mass is 9.83. The summed E-state index contributed by atoms with van der Waals surface area (Å²) < 4.78 is 0. The molecule has 4 heteroatoms. The molecule has 1 aliphatic carbocycles. The fourth-order valence-corrected chi connectivity index (χ4v) is 5.08. The standard InChI is InChI=1S/C17H33N3O/c1-19-9-3-4-14-12-20(11-7-16(14)19)10-6-15-5-2-8-17(15,18)13-21/h14-16,21H,2-13,18H2,1H3. The van der Waals surface area contributed by atoms with E-state index < -0.39 is 0 Å². The van der Waals surface area contributed by atoms with E-state index in [0.717, 1.165) is 18.4 Å². The summed E-state index contributed by atoms with van der Waals surface area (Å²) in [6, 6.07) is 0.826. The third-order valence-corrected chi connectivity index (χ3v) is 6.53. The molecule has 2 saturated heterocycles. The number of aliphatic hydroxyl groups is 1. The Labute approximate surface area is 129 Å². The van der Waals surface area contributed by atoms with Crippen LogP contribution in [0.5, 0.6) is 0 Å². The Hall–Kier alpha value is -0.160. The predicted octanol–water partition coefficient (Wildman–Crippen LogP) is 1.28. The summed E-state index contributed by atoms with van der Waals surface area (Å²) in [6.07, 6.45) is 8.68. The van der Waals surface area contributed by atoms with Crippen LogP contribution >= 0.6 is 0 Å². The Morgan fingerprint density at radius 2 is 2.05 bits per heavy atom. The monoisotopic (exact) mass is 295 g/mol. The van der Waals surface area contributed by atoms with Crippen molar-refractivity contribution in [2.45, 2.75) is 56.5 Å². The largest absolute Gasteiger partial charge is 0.394 e. The molecule has 0 spiro atoms. The molecule has 4 atom stereocenters. The Balaban J connectivity index is 1.48. The SMILES string of the molecule is CN1CCCC2CN(CCC3CCCC3(N)CO)CCC21. The highest BCUT2D eigenvalue weighted by molar-refractivity contribution is 4.97. The van der Waals surface area contributed by atoms with Gasteiger partial charge < -0.3 is 20.6 Å². The quantitative estimate of drug-likeness (QED) is 0.820. The molecule has 0 aromatic heterocycles. The lowest BCUT2D eigenvalue weighted by Crippen LogP contribution is -2.53. The van der Waals surface area contributed by atoms with Crippen LogP contribution in [0.1, 0.15) is 44.9 Å². The van der Waals surface area contributed by atoms with Gasteiger partial charge in [-0.05, 0) is 77.0 Å². The van der Waals surface area contributed by atoms with Crippen LogP contribution in [0.15, 0.2) is 0 Å². The number of hydrogen-bond acceptors (Lipinski definition) is 4. The smallest absolute Gasteiger partial charge is 0.0613 e. The van der Waals surface area contributed by atoms with Crippen LogP contribution in [0.4, 0.5) is 0 Å². The zero-order valence-electron chi connectivity index (χ0n) is 13.6. The highest BCUT2D eigenvalue weighted by Crippen LogP contribution is 2.36. The minimum Gasteiger partial charge on any atom is -0.394 e. The van der Waals surface area contributed by atoms with Crippen molar-refractivity contribution >= 4 is 0 Å². The maximum absolute atomic E-state index is 9.57. The zero-order valence-corrected chi connectivity index (χ0v) is 13.6. The molecular weight excluding hydrogens is 262 g/mol. The van der Waals surface area contributed by atoms with Crippen molar-refractivity contribution in [2.75, 3.05) is 39.8 Å².